The number of rotatable bonds is 4. The van der Waals surface area contributed by atoms with Gasteiger partial charge < -0.3 is 10.1 Å². The van der Waals surface area contributed by atoms with Gasteiger partial charge in [0.2, 0.25) is 0 Å². The van der Waals surface area contributed by atoms with Gasteiger partial charge in [0.15, 0.2) is 6.04 Å². The normalized spacial score (nSPS) is 11.8. The van der Waals surface area contributed by atoms with E-state index in [1.807, 2.05) is 0 Å². The van der Waals surface area contributed by atoms with Crippen LogP contribution in [0.2, 0.25) is 5.02 Å². The van der Waals surface area contributed by atoms with Gasteiger partial charge in [-0.1, -0.05) is 23.7 Å². The van der Waals surface area contributed by atoms with Gasteiger partial charge in [0.1, 0.15) is 5.82 Å². The zero-order valence-corrected chi connectivity index (χ0v) is 13.4. The van der Waals surface area contributed by atoms with Crippen molar-refractivity contribution in [1.29, 1.82) is 0 Å². The zero-order valence-electron chi connectivity index (χ0n) is 11.1. The van der Waals surface area contributed by atoms with Gasteiger partial charge >= 0.3 is 5.97 Å². The molecule has 0 heterocycles. The number of halogens is 3. The molecule has 6 heteroatoms. The number of anilines is 1. The van der Waals surface area contributed by atoms with E-state index in [9.17, 15) is 9.18 Å². The SMILES string of the molecule is COC(=O)C(Nc1cccc(Cl)c1)c1ccc(F)c(Br)c1. The molecule has 110 valence electrons. The van der Waals surface area contributed by atoms with Crippen molar-refractivity contribution in [2.75, 3.05) is 12.4 Å². The first-order valence-corrected chi connectivity index (χ1v) is 7.23. The van der Waals surface area contributed by atoms with E-state index in [0.29, 0.717) is 16.3 Å². The average Bonchev–Trinajstić information content (AvgIpc) is 2.47. The van der Waals surface area contributed by atoms with Crippen LogP contribution in [0.3, 0.4) is 0 Å². The Morgan fingerprint density at radius 1 is 1.33 bits per heavy atom. The van der Waals surface area contributed by atoms with Crippen molar-refractivity contribution in [1.82, 2.24) is 0 Å². The lowest BCUT2D eigenvalue weighted by molar-refractivity contribution is -0.141. The molecule has 2 aromatic rings. The van der Waals surface area contributed by atoms with E-state index in [1.165, 1.54) is 25.3 Å². The molecule has 0 saturated carbocycles. The lowest BCUT2D eigenvalue weighted by Crippen LogP contribution is -2.22. The summed E-state index contributed by atoms with van der Waals surface area (Å²) < 4.78 is 18.4. The first-order chi connectivity index (χ1) is 10.0. The molecule has 0 fully saturated rings. The summed E-state index contributed by atoms with van der Waals surface area (Å²) in [6.07, 6.45) is 0. The highest BCUT2D eigenvalue weighted by Crippen LogP contribution is 2.26. The first kappa shape index (κ1) is 15.8. The molecule has 0 aliphatic heterocycles. The van der Waals surface area contributed by atoms with Crippen molar-refractivity contribution >= 4 is 39.2 Å². The number of benzene rings is 2. The second kappa shape index (κ2) is 6.91. The topological polar surface area (TPSA) is 38.3 Å². The van der Waals surface area contributed by atoms with Gasteiger partial charge in [-0.15, -0.1) is 0 Å². The number of esters is 1. The minimum atomic E-state index is -0.759. The molecule has 0 saturated heterocycles. The highest BCUT2D eigenvalue weighted by Gasteiger charge is 2.22. The summed E-state index contributed by atoms with van der Waals surface area (Å²) in [6.45, 7) is 0. The molecule has 0 radical (unpaired) electrons. The molecule has 0 aliphatic carbocycles. The van der Waals surface area contributed by atoms with E-state index in [-0.39, 0.29) is 4.47 Å². The Balaban J connectivity index is 2.34. The summed E-state index contributed by atoms with van der Waals surface area (Å²) in [5.41, 5.74) is 1.24. The first-order valence-electron chi connectivity index (χ1n) is 6.06. The van der Waals surface area contributed by atoms with Crippen LogP contribution in [0.15, 0.2) is 46.9 Å². The van der Waals surface area contributed by atoms with E-state index >= 15 is 0 Å². The predicted molar refractivity (Wildman–Crippen MR) is 83.9 cm³/mol. The Labute approximate surface area is 135 Å². The van der Waals surface area contributed by atoms with Crippen molar-refractivity contribution in [2.45, 2.75) is 6.04 Å². The Hall–Kier alpha value is -1.59. The summed E-state index contributed by atoms with van der Waals surface area (Å²) >= 11 is 9.03. The Bertz CT molecular complexity index is 666. The molecule has 2 aromatic carbocycles. The third kappa shape index (κ3) is 3.95. The van der Waals surface area contributed by atoms with Gasteiger partial charge in [0.05, 0.1) is 11.6 Å². The molecule has 1 atom stereocenters. The maximum absolute atomic E-state index is 13.3. The Morgan fingerprint density at radius 3 is 2.71 bits per heavy atom. The highest BCUT2D eigenvalue weighted by molar-refractivity contribution is 9.10. The van der Waals surface area contributed by atoms with Crippen molar-refractivity contribution in [2.24, 2.45) is 0 Å². The van der Waals surface area contributed by atoms with Crippen LogP contribution in [0.5, 0.6) is 0 Å². The molecule has 0 amide bonds. The minimum absolute atomic E-state index is 0.279. The molecule has 1 N–H and O–H groups in total. The number of hydrogen-bond acceptors (Lipinski definition) is 3. The summed E-state index contributed by atoms with van der Waals surface area (Å²) in [5.74, 6) is -0.876. The molecular weight excluding hydrogens is 361 g/mol. The summed E-state index contributed by atoms with van der Waals surface area (Å²) in [5, 5.41) is 3.58. The maximum Gasteiger partial charge on any atom is 0.332 e. The van der Waals surface area contributed by atoms with Gasteiger partial charge in [-0.05, 0) is 51.8 Å². The van der Waals surface area contributed by atoms with Crippen LogP contribution < -0.4 is 5.32 Å². The monoisotopic (exact) mass is 371 g/mol. The molecule has 2 rings (SSSR count). The van der Waals surface area contributed by atoms with Crippen molar-refractivity contribution in [3.63, 3.8) is 0 Å². The van der Waals surface area contributed by atoms with Gasteiger partial charge in [0, 0.05) is 10.7 Å². The molecule has 0 bridgehead atoms. The van der Waals surface area contributed by atoms with Crippen LogP contribution >= 0.6 is 27.5 Å². The smallest absolute Gasteiger partial charge is 0.332 e. The molecule has 0 aromatic heterocycles. The zero-order chi connectivity index (χ0) is 15.4. The number of hydrogen-bond donors (Lipinski definition) is 1. The van der Waals surface area contributed by atoms with Gasteiger partial charge in [-0.2, -0.15) is 0 Å². The van der Waals surface area contributed by atoms with Crippen LogP contribution in [0.4, 0.5) is 10.1 Å². The fourth-order valence-corrected chi connectivity index (χ4v) is 2.42. The van der Waals surface area contributed by atoms with E-state index < -0.39 is 17.8 Å². The predicted octanol–water partition coefficient (Wildman–Crippen LogP) is 4.57. The summed E-state index contributed by atoms with van der Waals surface area (Å²) in [7, 11) is 1.30. The number of carbonyl (C=O) groups is 1. The third-order valence-electron chi connectivity index (χ3n) is 2.85. The average molecular weight is 373 g/mol. The lowest BCUT2D eigenvalue weighted by atomic mass is 10.1. The van der Waals surface area contributed by atoms with Crippen LogP contribution in [-0.4, -0.2) is 13.1 Å². The Morgan fingerprint density at radius 2 is 2.10 bits per heavy atom. The quantitative estimate of drug-likeness (QED) is 0.799. The Kier molecular flexibility index (Phi) is 5.20. The van der Waals surface area contributed by atoms with Gasteiger partial charge in [-0.3, -0.25) is 0 Å². The van der Waals surface area contributed by atoms with Gasteiger partial charge in [-0.25, -0.2) is 9.18 Å². The second-order valence-electron chi connectivity index (χ2n) is 4.28. The van der Waals surface area contributed by atoms with Crippen molar-refractivity contribution in [3.8, 4) is 0 Å². The summed E-state index contributed by atoms with van der Waals surface area (Å²) in [6, 6.07) is 10.6. The maximum atomic E-state index is 13.3. The van der Waals surface area contributed by atoms with Crippen LogP contribution in [0.25, 0.3) is 0 Å². The standard InChI is InChI=1S/C15H12BrClFNO2/c1-21-15(20)14(9-5-6-13(18)12(16)7-9)19-11-4-2-3-10(17)8-11/h2-8,14,19H,1H3. The number of methoxy groups -OCH3 is 1. The fraction of sp³-hybridized carbons (Fsp3) is 0.133. The van der Waals surface area contributed by atoms with E-state index in [4.69, 9.17) is 16.3 Å². The lowest BCUT2D eigenvalue weighted by Gasteiger charge is -2.18. The third-order valence-corrected chi connectivity index (χ3v) is 3.69. The van der Waals surface area contributed by atoms with Crippen molar-refractivity contribution < 1.29 is 13.9 Å². The van der Waals surface area contributed by atoms with Crippen LogP contribution in [0.1, 0.15) is 11.6 Å². The van der Waals surface area contributed by atoms with E-state index in [2.05, 4.69) is 21.2 Å². The number of nitrogens with one attached hydrogen (secondary N) is 1. The fourth-order valence-electron chi connectivity index (χ4n) is 1.83. The van der Waals surface area contributed by atoms with Gasteiger partial charge in [0.25, 0.3) is 0 Å². The second-order valence-corrected chi connectivity index (χ2v) is 5.58. The molecule has 3 nitrogen and oxygen atoms in total. The molecule has 0 aliphatic rings. The summed E-state index contributed by atoms with van der Waals surface area (Å²) in [4.78, 5) is 12.0. The molecule has 1 unspecified atom stereocenters. The van der Waals surface area contributed by atoms with E-state index in [1.54, 1.807) is 24.3 Å². The molecule has 0 spiro atoms. The molecular formula is C15H12BrClFNO2. The highest BCUT2D eigenvalue weighted by atomic mass is 79.9. The molecule has 21 heavy (non-hydrogen) atoms. The van der Waals surface area contributed by atoms with Crippen LogP contribution in [-0.2, 0) is 9.53 Å². The van der Waals surface area contributed by atoms with Crippen LogP contribution in [0, 0.1) is 5.82 Å². The van der Waals surface area contributed by atoms with Crippen molar-refractivity contribution in [3.05, 3.63) is 63.3 Å². The number of ether oxygens (including phenoxy) is 1. The largest absolute Gasteiger partial charge is 0.467 e. The minimum Gasteiger partial charge on any atom is -0.467 e. The van der Waals surface area contributed by atoms with E-state index in [0.717, 1.165) is 0 Å². The number of carbonyl (C=O) groups excluding carboxylic acids is 1.